The van der Waals surface area contributed by atoms with Crippen molar-refractivity contribution in [1.29, 1.82) is 0 Å². The lowest BCUT2D eigenvalue weighted by molar-refractivity contribution is 0.0953. The number of unbranched alkanes of at least 4 members (excludes halogenated alkanes) is 3. The molecule has 4 nitrogen and oxygen atoms in total. The number of nitrogens with two attached hydrogens (primary N) is 1. The van der Waals surface area contributed by atoms with E-state index >= 15 is 0 Å². The molecule has 0 saturated heterocycles. The number of nitrogen functional groups attached to an aromatic ring is 1. The minimum absolute atomic E-state index is 0.0563. The number of nitrogens with zero attached hydrogens (tertiary/aromatic N) is 1. The van der Waals surface area contributed by atoms with E-state index in [1.807, 2.05) is 0 Å². The largest absolute Gasteiger partial charge is 0.383 e. The lowest BCUT2D eigenvalue weighted by Gasteiger charge is -2.07. The number of rotatable bonds is 8. The van der Waals surface area contributed by atoms with Crippen LogP contribution in [0.5, 0.6) is 0 Å². The van der Waals surface area contributed by atoms with Gasteiger partial charge in [-0.2, -0.15) is 0 Å². The third-order valence-corrected chi connectivity index (χ3v) is 3.12. The highest BCUT2D eigenvalue weighted by Crippen LogP contribution is 2.11. The molecule has 0 aliphatic carbocycles. The van der Waals surface area contributed by atoms with Crippen LogP contribution in [0.4, 0.5) is 10.2 Å². The lowest BCUT2D eigenvalue weighted by atomic mass is 10.0. The molecule has 0 bridgehead atoms. The van der Waals surface area contributed by atoms with Gasteiger partial charge in [0.25, 0.3) is 5.91 Å². The topological polar surface area (TPSA) is 68.0 Å². The zero-order valence-corrected chi connectivity index (χ0v) is 12.3. The Morgan fingerprint density at radius 3 is 2.75 bits per heavy atom. The second-order valence-corrected chi connectivity index (χ2v) is 5.44. The van der Waals surface area contributed by atoms with Gasteiger partial charge in [-0.3, -0.25) is 4.79 Å². The highest BCUT2D eigenvalue weighted by atomic mass is 19.1. The number of hydrogen-bond donors (Lipinski definition) is 2. The molecule has 0 radical (unpaired) electrons. The maximum Gasteiger partial charge on any atom is 0.255 e. The van der Waals surface area contributed by atoms with E-state index in [9.17, 15) is 9.18 Å². The molecular formula is C15H24FN3O. The fraction of sp³-hybridized carbons (Fsp3) is 0.600. The predicted octanol–water partition coefficient (Wildman–Crippen LogP) is 3.14. The Bertz CT molecular complexity index is 435. The summed E-state index contributed by atoms with van der Waals surface area (Å²) in [5.41, 5.74) is 5.65. The molecule has 20 heavy (non-hydrogen) atoms. The van der Waals surface area contributed by atoms with Crippen LogP contribution in [-0.2, 0) is 0 Å². The third-order valence-electron chi connectivity index (χ3n) is 3.12. The zero-order chi connectivity index (χ0) is 15.0. The first-order valence-electron chi connectivity index (χ1n) is 7.20. The molecule has 0 unspecified atom stereocenters. The van der Waals surface area contributed by atoms with E-state index in [4.69, 9.17) is 5.73 Å². The Labute approximate surface area is 120 Å². The van der Waals surface area contributed by atoms with Crippen molar-refractivity contribution in [1.82, 2.24) is 10.3 Å². The van der Waals surface area contributed by atoms with Gasteiger partial charge in [0.05, 0.1) is 11.8 Å². The molecule has 0 aliphatic heterocycles. The van der Waals surface area contributed by atoms with E-state index in [0.29, 0.717) is 6.54 Å². The minimum Gasteiger partial charge on any atom is -0.383 e. The summed E-state index contributed by atoms with van der Waals surface area (Å²) in [5.74, 6) is -0.117. The summed E-state index contributed by atoms with van der Waals surface area (Å²) in [5, 5.41) is 2.74. The Morgan fingerprint density at radius 2 is 2.05 bits per heavy atom. The number of hydrogen-bond acceptors (Lipinski definition) is 3. The van der Waals surface area contributed by atoms with Crippen molar-refractivity contribution in [2.75, 3.05) is 12.3 Å². The fourth-order valence-electron chi connectivity index (χ4n) is 1.96. The van der Waals surface area contributed by atoms with Crippen LogP contribution >= 0.6 is 0 Å². The van der Waals surface area contributed by atoms with Crippen LogP contribution in [-0.4, -0.2) is 17.4 Å². The molecule has 112 valence electrons. The Kier molecular flexibility index (Phi) is 6.98. The first kappa shape index (κ1) is 16.4. The number of carbonyl (C=O) groups is 1. The summed E-state index contributed by atoms with van der Waals surface area (Å²) in [7, 11) is 0. The summed E-state index contributed by atoms with van der Waals surface area (Å²) in [4.78, 5) is 15.4. The highest BCUT2D eigenvalue weighted by molar-refractivity contribution is 5.98. The van der Waals surface area contributed by atoms with Gasteiger partial charge >= 0.3 is 0 Å². The molecule has 3 N–H and O–H groups in total. The second kappa shape index (κ2) is 8.51. The normalized spacial score (nSPS) is 10.8. The quantitative estimate of drug-likeness (QED) is 0.719. The molecule has 0 fully saturated rings. The number of amides is 1. The zero-order valence-electron chi connectivity index (χ0n) is 12.3. The SMILES string of the molecule is CC(C)CCCCCCNC(=O)c1cc(F)cnc1N. The summed E-state index contributed by atoms with van der Waals surface area (Å²) in [6, 6.07) is 1.11. The second-order valence-electron chi connectivity index (χ2n) is 5.44. The Balaban J connectivity index is 2.22. The summed E-state index contributed by atoms with van der Waals surface area (Å²) >= 11 is 0. The van der Waals surface area contributed by atoms with Gasteiger partial charge < -0.3 is 11.1 Å². The van der Waals surface area contributed by atoms with E-state index in [1.54, 1.807) is 0 Å². The van der Waals surface area contributed by atoms with Gasteiger partial charge in [-0.05, 0) is 18.4 Å². The van der Waals surface area contributed by atoms with Crippen LogP contribution in [0, 0.1) is 11.7 Å². The first-order valence-corrected chi connectivity index (χ1v) is 7.20. The van der Waals surface area contributed by atoms with Crippen LogP contribution < -0.4 is 11.1 Å². The molecule has 0 aromatic carbocycles. The maximum absolute atomic E-state index is 13.0. The number of halogens is 1. The Hall–Kier alpha value is -1.65. The molecule has 1 heterocycles. The molecule has 0 saturated carbocycles. The van der Waals surface area contributed by atoms with Crippen LogP contribution in [0.25, 0.3) is 0 Å². The number of nitrogens with one attached hydrogen (secondary N) is 1. The number of pyridine rings is 1. The van der Waals surface area contributed by atoms with Crippen molar-refractivity contribution in [3.63, 3.8) is 0 Å². The van der Waals surface area contributed by atoms with Gasteiger partial charge in [-0.15, -0.1) is 0 Å². The fourth-order valence-corrected chi connectivity index (χ4v) is 1.96. The standard InChI is InChI=1S/C15H24FN3O/c1-11(2)7-5-3-4-6-8-18-15(20)13-9-12(16)10-19-14(13)17/h9-11H,3-8H2,1-2H3,(H2,17,19)(H,18,20). The summed E-state index contributed by atoms with van der Waals surface area (Å²) in [6.07, 6.45) is 6.67. The summed E-state index contributed by atoms with van der Waals surface area (Å²) < 4.78 is 13.0. The minimum atomic E-state index is -0.557. The molecule has 0 atom stereocenters. The number of carbonyl (C=O) groups excluding carboxylic acids is 1. The van der Waals surface area contributed by atoms with Crippen LogP contribution in [0.3, 0.4) is 0 Å². The Morgan fingerprint density at radius 1 is 1.35 bits per heavy atom. The van der Waals surface area contributed by atoms with E-state index in [0.717, 1.165) is 31.0 Å². The molecule has 1 aromatic rings. The predicted molar refractivity (Wildman–Crippen MR) is 78.9 cm³/mol. The third kappa shape index (κ3) is 5.99. The number of anilines is 1. The van der Waals surface area contributed by atoms with Crippen molar-refractivity contribution < 1.29 is 9.18 Å². The van der Waals surface area contributed by atoms with E-state index in [2.05, 4.69) is 24.1 Å². The molecule has 1 rings (SSSR count). The van der Waals surface area contributed by atoms with Gasteiger partial charge in [-0.25, -0.2) is 9.37 Å². The molecule has 5 heteroatoms. The lowest BCUT2D eigenvalue weighted by Crippen LogP contribution is -2.25. The monoisotopic (exact) mass is 281 g/mol. The average Bonchev–Trinajstić information content (AvgIpc) is 2.39. The first-order chi connectivity index (χ1) is 9.50. The van der Waals surface area contributed by atoms with Crippen LogP contribution in [0.2, 0.25) is 0 Å². The molecule has 1 aromatic heterocycles. The molecular weight excluding hydrogens is 257 g/mol. The van der Waals surface area contributed by atoms with Crippen molar-refractivity contribution in [2.45, 2.75) is 46.0 Å². The van der Waals surface area contributed by atoms with Crippen molar-refractivity contribution in [3.05, 3.63) is 23.6 Å². The number of aromatic nitrogens is 1. The average molecular weight is 281 g/mol. The van der Waals surface area contributed by atoms with Crippen molar-refractivity contribution in [2.24, 2.45) is 5.92 Å². The van der Waals surface area contributed by atoms with Gasteiger partial charge in [0.1, 0.15) is 11.6 Å². The highest BCUT2D eigenvalue weighted by Gasteiger charge is 2.11. The molecule has 0 spiro atoms. The molecule has 1 amide bonds. The van der Waals surface area contributed by atoms with Gasteiger partial charge in [0.2, 0.25) is 0 Å². The van der Waals surface area contributed by atoms with Crippen molar-refractivity contribution in [3.8, 4) is 0 Å². The van der Waals surface area contributed by atoms with Gasteiger partial charge in [-0.1, -0.05) is 39.5 Å². The smallest absolute Gasteiger partial charge is 0.255 e. The van der Waals surface area contributed by atoms with Crippen molar-refractivity contribution >= 4 is 11.7 Å². The summed E-state index contributed by atoms with van der Waals surface area (Å²) in [6.45, 7) is 5.02. The van der Waals surface area contributed by atoms with Gasteiger partial charge in [0, 0.05) is 6.54 Å². The maximum atomic E-state index is 13.0. The van der Waals surface area contributed by atoms with E-state index in [1.165, 1.54) is 19.3 Å². The van der Waals surface area contributed by atoms with Crippen LogP contribution in [0.15, 0.2) is 12.3 Å². The van der Waals surface area contributed by atoms with Crippen LogP contribution in [0.1, 0.15) is 56.3 Å². The van der Waals surface area contributed by atoms with E-state index in [-0.39, 0.29) is 17.3 Å². The van der Waals surface area contributed by atoms with E-state index < -0.39 is 5.82 Å². The molecule has 0 aliphatic rings. The van der Waals surface area contributed by atoms with Gasteiger partial charge in [0.15, 0.2) is 0 Å².